The third kappa shape index (κ3) is 3.05. The molecule has 4 rings (SSSR count). The first-order chi connectivity index (χ1) is 12.8. The number of anilines is 1. The largest absolute Gasteiger partial charge is 0.497 e. The average Bonchev–Trinajstić information content (AvgIpc) is 3.31. The summed E-state index contributed by atoms with van der Waals surface area (Å²) in [6.45, 7) is 0. The average molecular weight is 360 g/mol. The second kappa shape index (κ2) is 6.98. The van der Waals surface area contributed by atoms with Crippen molar-refractivity contribution in [2.45, 2.75) is 0 Å². The number of amides is 1. The van der Waals surface area contributed by atoms with Crippen molar-refractivity contribution in [2.24, 2.45) is 4.99 Å². The maximum atomic E-state index is 13.1. The zero-order valence-electron chi connectivity index (χ0n) is 14.1. The molecule has 0 saturated carbocycles. The molecule has 0 aliphatic carbocycles. The number of aliphatic imine (C=N–C) groups is 1. The third-order valence-electron chi connectivity index (χ3n) is 4.05. The van der Waals surface area contributed by atoms with Crippen molar-refractivity contribution in [3.63, 3.8) is 0 Å². The summed E-state index contributed by atoms with van der Waals surface area (Å²) in [6, 6.07) is 21.1. The number of hydrogen-bond acceptors (Lipinski definition) is 4. The molecule has 2 heterocycles. The molecule has 2 aromatic carbocycles. The van der Waals surface area contributed by atoms with Gasteiger partial charge in [-0.05, 0) is 53.9 Å². The first-order valence-electron chi connectivity index (χ1n) is 8.14. The maximum Gasteiger partial charge on any atom is 0.282 e. The zero-order valence-corrected chi connectivity index (χ0v) is 14.9. The van der Waals surface area contributed by atoms with Crippen molar-refractivity contribution in [2.75, 3.05) is 12.0 Å². The molecule has 26 heavy (non-hydrogen) atoms. The first kappa shape index (κ1) is 16.3. The summed E-state index contributed by atoms with van der Waals surface area (Å²) < 4.78 is 5.23. The molecule has 0 radical (unpaired) electrons. The number of benzene rings is 2. The standard InChI is InChI=1S/C21H16N2O2S/c1-25-17-11-9-15(10-12-17)20-22-19(14-18-8-5-13-26-18)21(24)23(20)16-6-3-2-4-7-16/h2-14H,1H3/b19-14-. The number of ether oxygens (including phenoxy) is 1. The van der Waals surface area contributed by atoms with E-state index in [1.54, 1.807) is 23.3 Å². The van der Waals surface area contributed by atoms with Gasteiger partial charge in [-0.3, -0.25) is 9.69 Å². The van der Waals surface area contributed by atoms with Crippen molar-refractivity contribution in [1.29, 1.82) is 0 Å². The molecule has 5 heteroatoms. The van der Waals surface area contributed by atoms with E-state index in [0.717, 1.165) is 21.9 Å². The molecule has 0 N–H and O–H groups in total. The van der Waals surface area contributed by atoms with Gasteiger partial charge in [0.2, 0.25) is 0 Å². The number of methoxy groups -OCH3 is 1. The summed E-state index contributed by atoms with van der Waals surface area (Å²) in [5, 5.41) is 1.98. The van der Waals surface area contributed by atoms with Crippen LogP contribution in [0.2, 0.25) is 0 Å². The van der Waals surface area contributed by atoms with Crippen LogP contribution < -0.4 is 9.64 Å². The summed E-state index contributed by atoms with van der Waals surface area (Å²) in [5.41, 5.74) is 2.08. The molecule has 4 nitrogen and oxygen atoms in total. The van der Waals surface area contributed by atoms with Crippen LogP contribution in [-0.4, -0.2) is 18.9 Å². The van der Waals surface area contributed by atoms with E-state index >= 15 is 0 Å². The van der Waals surface area contributed by atoms with Crippen LogP contribution in [0.4, 0.5) is 5.69 Å². The van der Waals surface area contributed by atoms with Gasteiger partial charge in [-0.15, -0.1) is 11.3 Å². The van der Waals surface area contributed by atoms with E-state index in [-0.39, 0.29) is 5.91 Å². The van der Waals surface area contributed by atoms with E-state index in [1.807, 2.05) is 78.2 Å². The second-order valence-electron chi connectivity index (χ2n) is 5.69. The van der Waals surface area contributed by atoms with Crippen molar-refractivity contribution in [3.05, 3.63) is 88.2 Å². The van der Waals surface area contributed by atoms with Crippen LogP contribution in [0.5, 0.6) is 5.75 Å². The minimum atomic E-state index is -0.129. The summed E-state index contributed by atoms with van der Waals surface area (Å²) in [4.78, 5) is 20.4. The normalized spacial score (nSPS) is 15.4. The fraction of sp³-hybridized carbons (Fsp3) is 0.0476. The molecule has 1 amide bonds. The Bertz CT molecular complexity index is 975. The number of thiophene rings is 1. The molecule has 0 atom stereocenters. The van der Waals surface area contributed by atoms with Gasteiger partial charge in [0.1, 0.15) is 17.3 Å². The Morgan fingerprint density at radius 3 is 2.42 bits per heavy atom. The molecular weight excluding hydrogens is 344 g/mol. The number of para-hydroxylation sites is 1. The highest BCUT2D eigenvalue weighted by atomic mass is 32.1. The lowest BCUT2D eigenvalue weighted by molar-refractivity contribution is -0.113. The van der Waals surface area contributed by atoms with Crippen LogP contribution in [0.15, 0.2) is 82.8 Å². The lowest BCUT2D eigenvalue weighted by Crippen LogP contribution is -2.32. The molecular formula is C21H16N2O2S. The SMILES string of the molecule is COc1ccc(C2=N/C(=C\c3cccs3)C(=O)N2c2ccccc2)cc1. The van der Waals surface area contributed by atoms with Gasteiger partial charge in [0.15, 0.2) is 0 Å². The third-order valence-corrected chi connectivity index (χ3v) is 4.86. The minimum absolute atomic E-state index is 0.129. The summed E-state index contributed by atoms with van der Waals surface area (Å²) in [5.74, 6) is 1.25. The molecule has 1 aliphatic heterocycles. The van der Waals surface area contributed by atoms with E-state index in [2.05, 4.69) is 4.99 Å². The second-order valence-corrected chi connectivity index (χ2v) is 6.66. The van der Waals surface area contributed by atoms with Crippen LogP contribution in [0.1, 0.15) is 10.4 Å². The number of nitrogens with zero attached hydrogens (tertiary/aromatic N) is 2. The topological polar surface area (TPSA) is 41.9 Å². The van der Waals surface area contributed by atoms with Gasteiger partial charge in [0.25, 0.3) is 5.91 Å². The highest BCUT2D eigenvalue weighted by Crippen LogP contribution is 2.28. The van der Waals surface area contributed by atoms with E-state index < -0.39 is 0 Å². The fourth-order valence-corrected chi connectivity index (χ4v) is 3.43. The van der Waals surface area contributed by atoms with Gasteiger partial charge >= 0.3 is 0 Å². The van der Waals surface area contributed by atoms with Crippen LogP contribution in [0.3, 0.4) is 0 Å². The molecule has 0 saturated heterocycles. The maximum absolute atomic E-state index is 13.1. The van der Waals surface area contributed by atoms with E-state index in [0.29, 0.717) is 11.5 Å². The molecule has 0 unspecified atom stereocenters. The van der Waals surface area contributed by atoms with Crippen molar-refractivity contribution >= 4 is 34.8 Å². The van der Waals surface area contributed by atoms with Crippen LogP contribution >= 0.6 is 11.3 Å². The highest BCUT2D eigenvalue weighted by molar-refractivity contribution is 7.10. The minimum Gasteiger partial charge on any atom is -0.497 e. The van der Waals surface area contributed by atoms with E-state index in [1.165, 1.54) is 0 Å². The van der Waals surface area contributed by atoms with E-state index in [9.17, 15) is 4.79 Å². The van der Waals surface area contributed by atoms with Crippen molar-refractivity contribution in [3.8, 4) is 5.75 Å². The van der Waals surface area contributed by atoms with Gasteiger partial charge in [0.05, 0.1) is 12.8 Å². The lowest BCUT2D eigenvalue weighted by Gasteiger charge is -2.18. The quantitative estimate of drug-likeness (QED) is 0.639. The first-order valence-corrected chi connectivity index (χ1v) is 9.02. The molecule has 1 aromatic heterocycles. The van der Waals surface area contributed by atoms with Gasteiger partial charge in [0, 0.05) is 10.4 Å². The van der Waals surface area contributed by atoms with Gasteiger partial charge in [-0.25, -0.2) is 4.99 Å². The Morgan fingerprint density at radius 2 is 1.77 bits per heavy atom. The molecule has 128 valence electrons. The Kier molecular flexibility index (Phi) is 4.37. The predicted octanol–water partition coefficient (Wildman–Crippen LogP) is 4.59. The lowest BCUT2D eigenvalue weighted by atomic mass is 10.1. The van der Waals surface area contributed by atoms with Crippen LogP contribution in [0.25, 0.3) is 6.08 Å². The van der Waals surface area contributed by atoms with Crippen molar-refractivity contribution < 1.29 is 9.53 Å². The molecule has 3 aromatic rings. The van der Waals surface area contributed by atoms with Gasteiger partial charge in [-0.1, -0.05) is 24.3 Å². The monoisotopic (exact) mass is 360 g/mol. The summed E-state index contributed by atoms with van der Waals surface area (Å²) >= 11 is 1.58. The van der Waals surface area contributed by atoms with Crippen molar-refractivity contribution in [1.82, 2.24) is 0 Å². The highest BCUT2D eigenvalue weighted by Gasteiger charge is 2.32. The van der Waals surface area contributed by atoms with Crippen LogP contribution in [-0.2, 0) is 4.79 Å². The Morgan fingerprint density at radius 1 is 1.00 bits per heavy atom. The summed E-state index contributed by atoms with van der Waals surface area (Å²) in [7, 11) is 1.63. The number of hydrogen-bond donors (Lipinski definition) is 0. The number of carbonyl (C=O) groups is 1. The van der Waals surface area contributed by atoms with Crippen LogP contribution in [0, 0.1) is 0 Å². The zero-order chi connectivity index (χ0) is 17.9. The molecule has 0 bridgehead atoms. The number of rotatable bonds is 4. The van der Waals surface area contributed by atoms with Gasteiger partial charge < -0.3 is 4.74 Å². The smallest absolute Gasteiger partial charge is 0.282 e. The fourth-order valence-electron chi connectivity index (χ4n) is 2.78. The molecule has 0 fully saturated rings. The number of amidine groups is 1. The Hall–Kier alpha value is -3.18. The predicted molar refractivity (Wildman–Crippen MR) is 106 cm³/mol. The molecule has 0 spiro atoms. The Balaban J connectivity index is 1.81. The Labute approximate surface area is 155 Å². The van der Waals surface area contributed by atoms with Gasteiger partial charge in [-0.2, -0.15) is 0 Å². The van der Waals surface area contributed by atoms with E-state index in [4.69, 9.17) is 4.74 Å². The number of carbonyl (C=O) groups excluding carboxylic acids is 1. The summed E-state index contributed by atoms with van der Waals surface area (Å²) in [6.07, 6.45) is 1.83. The molecule has 1 aliphatic rings.